The number of phosphoric ester groups is 1. The molecule has 0 saturated heterocycles. The number of carbonyl (C=O) groups excluding carboxylic acids is 1. The largest absolute Gasteiger partial charge is 0.470 e. The highest BCUT2D eigenvalue weighted by Crippen LogP contribution is 2.35. The second-order valence-corrected chi connectivity index (χ2v) is 4.31. The summed E-state index contributed by atoms with van der Waals surface area (Å²) in [6, 6.07) is 0. The molecule has 0 spiro atoms. The number of hydrogen-bond donors (Lipinski definition) is 6. The first-order valence-electron chi connectivity index (χ1n) is 4.27. The molecule has 0 aliphatic carbocycles. The van der Waals surface area contributed by atoms with E-state index in [-0.39, 0.29) is 0 Å². The van der Waals surface area contributed by atoms with Crippen LogP contribution in [0.4, 0.5) is 0 Å². The SMILES string of the molecule is NOCC(O)[C@H](O)[C@H](O)C(=O)COP(=O)(O)O. The molecule has 17 heavy (non-hydrogen) atoms. The van der Waals surface area contributed by atoms with Crippen molar-refractivity contribution < 1.29 is 43.8 Å². The third-order valence-electron chi connectivity index (χ3n) is 1.69. The van der Waals surface area contributed by atoms with Gasteiger partial charge in [-0.05, 0) is 0 Å². The molecule has 0 heterocycles. The Morgan fingerprint density at radius 2 is 1.82 bits per heavy atom. The highest BCUT2D eigenvalue weighted by molar-refractivity contribution is 7.46. The van der Waals surface area contributed by atoms with Gasteiger partial charge < -0.3 is 29.9 Å². The normalized spacial score (nSPS) is 17.5. The fourth-order valence-corrected chi connectivity index (χ4v) is 1.13. The summed E-state index contributed by atoms with van der Waals surface area (Å²) in [5, 5.41) is 27.5. The van der Waals surface area contributed by atoms with Gasteiger partial charge in [0.15, 0.2) is 5.78 Å². The van der Waals surface area contributed by atoms with Gasteiger partial charge in [-0.2, -0.15) is 0 Å². The van der Waals surface area contributed by atoms with Crippen LogP contribution in [0.25, 0.3) is 0 Å². The molecule has 0 aromatic rings. The average molecular weight is 275 g/mol. The molecule has 0 saturated carbocycles. The van der Waals surface area contributed by atoms with Crippen molar-refractivity contribution in [3.05, 3.63) is 0 Å². The molecule has 102 valence electrons. The second kappa shape index (κ2) is 7.11. The summed E-state index contributed by atoms with van der Waals surface area (Å²) in [7, 11) is -4.85. The maximum absolute atomic E-state index is 11.1. The summed E-state index contributed by atoms with van der Waals surface area (Å²) in [6.45, 7) is -1.65. The molecule has 0 fully saturated rings. The van der Waals surface area contributed by atoms with Crippen LogP contribution < -0.4 is 5.90 Å². The van der Waals surface area contributed by atoms with Crippen LogP contribution in [0.5, 0.6) is 0 Å². The third-order valence-corrected chi connectivity index (χ3v) is 2.16. The molecule has 0 aromatic heterocycles. The lowest BCUT2D eigenvalue weighted by molar-refractivity contribution is -0.143. The van der Waals surface area contributed by atoms with Crippen molar-refractivity contribution in [3.63, 3.8) is 0 Å². The number of Topliss-reactive ketones (excluding diaryl/α,β-unsaturated/α-hetero) is 1. The standard InChI is InChI=1S/C6H14NO9P/c7-15-1-3(8)5(10)6(11)4(9)2-16-17(12,13)14/h3,5-6,8,10-11H,1-2,7H2,(H2,12,13,14)/t3?,5-,6+/m0/s1. The lowest BCUT2D eigenvalue weighted by Gasteiger charge is -2.21. The Hall–Kier alpha value is -0.420. The van der Waals surface area contributed by atoms with Crippen molar-refractivity contribution >= 4 is 13.6 Å². The Kier molecular flexibility index (Phi) is 6.94. The van der Waals surface area contributed by atoms with Crippen LogP contribution in [0, 0.1) is 0 Å². The maximum Gasteiger partial charge on any atom is 0.470 e. The van der Waals surface area contributed by atoms with Crippen molar-refractivity contribution in [1.29, 1.82) is 0 Å². The molecular formula is C6H14NO9P. The third kappa shape index (κ3) is 6.78. The van der Waals surface area contributed by atoms with E-state index in [1.54, 1.807) is 0 Å². The zero-order chi connectivity index (χ0) is 13.6. The first-order valence-corrected chi connectivity index (χ1v) is 5.80. The van der Waals surface area contributed by atoms with Crippen LogP contribution >= 0.6 is 7.82 Å². The highest BCUT2D eigenvalue weighted by Gasteiger charge is 2.31. The smallest absolute Gasteiger partial charge is 0.388 e. The summed E-state index contributed by atoms with van der Waals surface area (Å²) in [4.78, 5) is 31.6. The van der Waals surface area contributed by atoms with Gasteiger partial charge in [-0.1, -0.05) is 0 Å². The molecule has 0 aromatic carbocycles. The van der Waals surface area contributed by atoms with E-state index in [0.717, 1.165) is 0 Å². The number of hydrogen-bond acceptors (Lipinski definition) is 8. The lowest BCUT2D eigenvalue weighted by Crippen LogP contribution is -2.45. The molecule has 1 unspecified atom stereocenters. The minimum absolute atomic E-state index is 0.537. The van der Waals surface area contributed by atoms with Crippen LogP contribution in [0.15, 0.2) is 0 Å². The number of nitrogens with two attached hydrogens (primary N) is 1. The molecule has 0 aliphatic rings. The zero-order valence-corrected chi connectivity index (χ0v) is 9.43. The van der Waals surface area contributed by atoms with E-state index in [9.17, 15) is 19.6 Å². The van der Waals surface area contributed by atoms with Crippen LogP contribution in [0.2, 0.25) is 0 Å². The van der Waals surface area contributed by atoms with Gasteiger partial charge in [0.05, 0.1) is 6.61 Å². The Morgan fingerprint density at radius 3 is 2.24 bits per heavy atom. The first-order chi connectivity index (χ1) is 7.69. The molecular weight excluding hydrogens is 261 g/mol. The molecule has 10 nitrogen and oxygen atoms in total. The van der Waals surface area contributed by atoms with Crippen molar-refractivity contribution in [1.82, 2.24) is 0 Å². The summed E-state index contributed by atoms with van der Waals surface area (Å²) < 4.78 is 14.1. The molecule has 0 bridgehead atoms. The highest BCUT2D eigenvalue weighted by atomic mass is 31.2. The molecule has 0 rings (SSSR count). The van der Waals surface area contributed by atoms with Gasteiger partial charge in [-0.3, -0.25) is 9.32 Å². The summed E-state index contributed by atoms with van der Waals surface area (Å²) in [5.41, 5.74) is 0. The van der Waals surface area contributed by atoms with Gasteiger partial charge >= 0.3 is 7.82 Å². The minimum Gasteiger partial charge on any atom is -0.388 e. The molecule has 3 atom stereocenters. The van der Waals surface area contributed by atoms with Crippen LogP contribution in [0.3, 0.4) is 0 Å². The van der Waals surface area contributed by atoms with Gasteiger partial charge in [0, 0.05) is 0 Å². The van der Waals surface area contributed by atoms with Crippen molar-refractivity contribution in [2.24, 2.45) is 5.90 Å². The summed E-state index contributed by atoms with van der Waals surface area (Å²) in [5.74, 6) is 3.38. The predicted octanol–water partition coefficient (Wildman–Crippen LogP) is -3.36. The number of phosphoric acid groups is 1. The van der Waals surface area contributed by atoms with E-state index in [2.05, 4.69) is 15.3 Å². The lowest BCUT2D eigenvalue weighted by atomic mass is 10.1. The van der Waals surface area contributed by atoms with E-state index >= 15 is 0 Å². The Morgan fingerprint density at radius 1 is 1.29 bits per heavy atom. The molecule has 0 radical (unpaired) electrons. The van der Waals surface area contributed by atoms with E-state index in [4.69, 9.17) is 14.9 Å². The summed E-state index contributed by atoms with van der Waals surface area (Å²) >= 11 is 0. The fourth-order valence-electron chi connectivity index (χ4n) is 0.831. The van der Waals surface area contributed by atoms with Crippen LogP contribution in [-0.2, 0) is 18.7 Å². The van der Waals surface area contributed by atoms with E-state index in [0.29, 0.717) is 0 Å². The monoisotopic (exact) mass is 275 g/mol. The Balaban J connectivity index is 4.25. The first kappa shape index (κ1) is 16.6. The quantitative estimate of drug-likeness (QED) is 0.193. The second-order valence-electron chi connectivity index (χ2n) is 3.07. The van der Waals surface area contributed by atoms with Gasteiger partial charge in [-0.15, -0.1) is 0 Å². The van der Waals surface area contributed by atoms with Gasteiger partial charge in [0.25, 0.3) is 0 Å². The number of rotatable bonds is 8. The zero-order valence-electron chi connectivity index (χ0n) is 8.54. The number of aliphatic hydroxyl groups is 3. The topological polar surface area (TPSA) is 180 Å². The number of carbonyl (C=O) groups is 1. The molecule has 0 aliphatic heterocycles. The Labute approximate surface area is 95.8 Å². The molecule has 11 heteroatoms. The van der Waals surface area contributed by atoms with Gasteiger partial charge in [-0.25, -0.2) is 10.5 Å². The van der Waals surface area contributed by atoms with Crippen LogP contribution in [0.1, 0.15) is 0 Å². The van der Waals surface area contributed by atoms with E-state index in [1.807, 2.05) is 0 Å². The summed E-state index contributed by atoms with van der Waals surface area (Å²) in [6.07, 6.45) is -5.62. The van der Waals surface area contributed by atoms with Crippen LogP contribution in [-0.4, -0.2) is 62.4 Å². The van der Waals surface area contributed by atoms with E-state index in [1.165, 1.54) is 0 Å². The van der Waals surface area contributed by atoms with Crippen molar-refractivity contribution in [2.75, 3.05) is 13.2 Å². The number of aliphatic hydroxyl groups excluding tert-OH is 3. The molecule has 7 N–H and O–H groups in total. The fraction of sp³-hybridized carbons (Fsp3) is 0.833. The molecule has 0 amide bonds. The average Bonchev–Trinajstić information content (AvgIpc) is 2.23. The van der Waals surface area contributed by atoms with Gasteiger partial charge in [0.1, 0.15) is 24.9 Å². The van der Waals surface area contributed by atoms with Crippen molar-refractivity contribution in [2.45, 2.75) is 18.3 Å². The van der Waals surface area contributed by atoms with Gasteiger partial charge in [0.2, 0.25) is 0 Å². The van der Waals surface area contributed by atoms with E-state index < -0.39 is 45.1 Å². The maximum atomic E-state index is 11.1. The Bertz CT molecular complexity index is 291. The van der Waals surface area contributed by atoms with Crippen molar-refractivity contribution in [3.8, 4) is 0 Å². The minimum atomic E-state index is -4.85. The predicted molar refractivity (Wildman–Crippen MR) is 51.2 cm³/mol. The number of ketones is 1.